The third kappa shape index (κ3) is 55.0. The van der Waals surface area contributed by atoms with Gasteiger partial charge in [-0.3, -0.25) is 4.79 Å². The number of unbranched alkanes of at least 4 members (excludes halogenated alkanes) is 41. The van der Waals surface area contributed by atoms with E-state index in [0.717, 1.165) is 51.4 Å². The van der Waals surface area contributed by atoms with E-state index >= 15 is 0 Å². The lowest BCUT2D eigenvalue weighted by Crippen LogP contribution is -2.45. The molecule has 0 aliphatic carbocycles. The summed E-state index contributed by atoms with van der Waals surface area (Å²) in [6.45, 7) is 4.22. The predicted molar refractivity (Wildman–Crippen MR) is 304 cm³/mol. The Balaban J connectivity index is 3.46. The maximum atomic E-state index is 12.5. The van der Waals surface area contributed by atoms with Crippen LogP contribution in [0, 0.1) is 0 Å². The van der Waals surface area contributed by atoms with E-state index in [4.69, 9.17) is 0 Å². The third-order valence-electron chi connectivity index (χ3n) is 14.0. The molecule has 4 heteroatoms. The fourth-order valence-electron chi connectivity index (χ4n) is 9.41. The summed E-state index contributed by atoms with van der Waals surface area (Å²) in [5, 5.41) is 23.2. The molecule has 0 spiro atoms. The first-order valence-electron chi connectivity index (χ1n) is 30.5. The Morgan fingerprint density at radius 3 is 0.971 bits per heavy atom. The molecule has 0 aliphatic heterocycles. The Labute approximate surface area is 426 Å². The molecule has 0 saturated heterocycles. The standard InChI is InChI=1S/C64H119NO3/c1-3-5-7-9-11-13-15-17-19-21-23-25-27-28-29-30-31-32-33-34-35-36-38-39-41-43-45-47-49-51-53-55-57-59-63(67)62(61-66)65-64(68)60-58-56-54-52-50-48-46-44-42-40-37-26-24-22-20-18-16-14-12-10-8-6-4-2/h6,8,12,14,18,20,24,26,57,59,62-63,66-67H,3-5,7,9-11,13,15-17,19,21-23,25,27-56,58,60-61H2,1-2H3,(H,65,68)/b8-6-,14-12-,20-18-,26-24-,59-57+. The summed E-state index contributed by atoms with van der Waals surface area (Å²) in [5.41, 5.74) is 0. The minimum absolute atomic E-state index is 0.0667. The molecule has 0 aromatic carbocycles. The van der Waals surface area contributed by atoms with Crippen molar-refractivity contribution < 1.29 is 15.0 Å². The van der Waals surface area contributed by atoms with Gasteiger partial charge >= 0.3 is 0 Å². The Morgan fingerprint density at radius 2 is 0.647 bits per heavy atom. The zero-order valence-corrected chi connectivity index (χ0v) is 45.9. The fourth-order valence-corrected chi connectivity index (χ4v) is 9.41. The van der Waals surface area contributed by atoms with Crippen molar-refractivity contribution in [2.45, 2.75) is 334 Å². The van der Waals surface area contributed by atoms with Crippen molar-refractivity contribution >= 4 is 5.91 Å². The summed E-state index contributed by atoms with van der Waals surface area (Å²) < 4.78 is 0. The largest absolute Gasteiger partial charge is 0.394 e. The normalized spacial score (nSPS) is 13.2. The molecule has 68 heavy (non-hydrogen) atoms. The quantitative estimate of drug-likeness (QED) is 0.0420. The molecule has 1 amide bonds. The minimum Gasteiger partial charge on any atom is -0.394 e. The Kier molecular flexibility index (Phi) is 57.7. The molecule has 0 bridgehead atoms. The van der Waals surface area contributed by atoms with Crippen molar-refractivity contribution in [2.24, 2.45) is 0 Å². The van der Waals surface area contributed by atoms with Gasteiger partial charge in [0.15, 0.2) is 0 Å². The van der Waals surface area contributed by atoms with Crippen LogP contribution in [0.5, 0.6) is 0 Å². The van der Waals surface area contributed by atoms with Crippen molar-refractivity contribution in [2.75, 3.05) is 6.61 Å². The van der Waals surface area contributed by atoms with Gasteiger partial charge in [0, 0.05) is 6.42 Å². The minimum atomic E-state index is -0.845. The maximum Gasteiger partial charge on any atom is 0.220 e. The number of aliphatic hydroxyl groups is 2. The van der Waals surface area contributed by atoms with E-state index in [2.05, 4.69) is 67.8 Å². The van der Waals surface area contributed by atoms with E-state index in [-0.39, 0.29) is 12.5 Å². The van der Waals surface area contributed by atoms with Crippen LogP contribution >= 0.6 is 0 Å². The third-order valence-corrected chi connectivity index (χ3v) is 14.0. The molecule has 3 N–H and O–H groups in total. The van der Waals surface area contributed by atoms with Gasteiger partial charge in [-0.15, -0.1) is 0 Å². The maximum absolute atomic E-state index is 12.5. The van der Waals surface area contributed by atoms with Crippen molar-refractivity contribution in [1.29, 1.82) is 0 Å². The number of rotatable bonds is 56. The zero-order chi connectivity index (χ0) is 49.2. The zero-order valence-electron chi connectivity index (χ0n) is 45.9. The van der Waals surface area contributed by atoms with Crippen LogP contribution in [0.1, 0.15) is 322 Å². The molecule has 0 aromatic rings. The summed E-state index contributed by atoms with van der Waals surface area (Å²) in [7, 11) is 0. The van der Waals surface area contributed by atoms with Crippen molar-refractivity contribution in [3.8, 4) is 0 Å². The van der Waals surface area contributed by atoms with Crippen molar-refractivity contribution in [1.82, 2.24) is 5.32 Å². The summed E-state index contributed by atoms with van der Waals surface area (Å²) in [6.07, 6.45) is 84.1. The number of hydrogen-bond donors (Lipinski definition) is 3. The molecule has 0 fully saturated rings. The van der Waals surface area contributed by atoms with Crippen LogP contribution in [0.4, 0.5) is 0 Å². The highest BCUT2D eigenvalue weighted by Crippen LogP contribution is 2.18. The highest BCUT2D eigenvalue weighted by Gasteiger charge is 2.18. The van der Waals surface area contributed by atoms with Crippen molar-refractivity contribution in [3.63, 3.8) is 0 Å². The number of allylic oxidation sites excluding steroid dienone is 9. The van der Waals surface area contributed by atoms with Gasteiger partial charge in [-0.2, -0.15) is 0 Å². The molecule has 0 heterocycles. The number of aliphatic hydroxyl groups excluding tert-OH is 2. The second-order valence-electron chi connectivity index (χ2n) is 20.7. The molecular weight excluding hydrogens is 831 g/mol. The first kappa shape index (κ1) is 66.1. The molecule has 0 aromatic heterocycles. The van der Waals surface area contributed by atoms with Crippen LogP contribution in [0.3, 0.4) is 0 Å². The van der Waals surface area contributed by atoms with Gasteiger partial charge in [-0.1, -0.05) is 319 Å². The lowest BCUT2D eigenvalue weighted by molar-refractivity contribution is -0.123. The average molecular weight is 951 g/mol. The number of carbonyl (C=O) groups excluding carboxylic acids is 1. The van der Waals surface area contributed by atoms with Crippen LogP contribution in [0.2, 0.25) is 0 Å². The molecule has 2 atom stereocenters. The Bertz CT molecular complexity index is 1120. The van der Waals surface area contributed by atoms with Crippen LogP contribution in [0.15, 0.2) is 60.8 Å². The molecule has 4 nitrogen and oxygen atoms in total. The second-order valence-corrected chi connectivity index (χ2v) is 20.7. The van der Waals surface area contributed by atoms with Crippen LogP contribution in [-0.4, -0.2) is 34.9 Å². The van der Waals surface area contributed by atoms with Gasteiger partial charge in [0.1, 0.15) is 0 Å². The topological polar surface area (TPSA) is 69.6 Å². The van der Waals surface area contributed by atoms with Crippen LogP contribution < -0.4 is 5.32 Å². The van der Waals surface area contributed by atoms with Gasteiger partial charge in [0.05, 0.1) is 18.8 Å². The monoisotopic (exact) mass is 950 g/mol. The summed E-state index contributed by atoms with van der Waals surface area (Å²) in [6, 6.07) is -0.629. The molecule has 0 rings (SSSR count). The van der Waals surface area contributed by atoms with Gasteiger partial charge < -0.3 is 15.5 Å². The van der Waals surface area contributed by atoms with Crippen LogP contribution in [-0.2, 0) is 4.79 Å². The lowest BCUT2D eigenvalue weighted by atomic mass is 10.0. The fraction of sp³-hybridized carbons (Fsp3) is 0.828. The molecule has 0 saturated carbocycles. The van der Waals surface area contributed by atoms with Gasteiger partial charge in [-0.25, -0.2) is 0 Å². The van der Waals surface area contributed by atoms with E-state index in [1.807, 2.05) is 6.08 Å². The first-order chi connectivity index (χ1) is 33.7. The molecular formula is C64H119NO3. The SMILES string of the molecule is CC/C=C\C/C=C\C/C=C\C/C=C\CCCCCCCCCCCCC(=O)NC(CO)C(O)/C=C/CCCCCCCCCCCCCCCCCCCCCCCCCCCCCCCCC. The lowest BCUT2D eigenvalue weighted by Gasteiger charge is -2.20. The van der Waals surface area contributed by atoms with E-state index in [1.54, 1.807) is 6.08 Å². The highest BCUT2D eigenvalue weighted by atomic mass is 16.3. The van der Waals surface area contributed by atoms with Crippen LogP contribution in [0.25, 0.3) is 0 Å². The summed E-state index contributed by atoms with van der Waals surface area (Å²) in [5.74, 6) is -0.0667. The summed E-state index contributed by atoms with van der Waals surface area (Å²) >= 11 is 0. The first-order valence-corrected chi connectivity index (χ1v) is 30.5. The van der Waals surface area contributed by atoms with E-state index in [1.165, 1.54) is 250 Å². The van der Waals surface area contributed by atoms with E-state index in [0.29, 0.717) is 6.42 Å². The van der Waals surface area contributed by atoms with Crippen molar-refractivity contribution in [3.05, 3.63) is 60.8 Å². The number of amides is 1. The molecule has 0 aliphatic rings. The average Bonchev–Trinajstić information content (AvgIpc) is 3.34. The van der Waals surface area contributed by atoms with E-state index in [9.17, 15) is 15.0 Å². The Morgan fingerprint density at radius 1 is 0.368 bits per heavy atom. The molecule has 0 radical (unpaired) electrons. The number of nitrogens with one attached hydrogen (secondary N) is 1. The molecule has 2 unspecified atom stereocenters. The number of carbonyl (C=O) groups is 1. The van der Waals surface area contributed by atoms with Gasteiger partial charge in [0.2, 0.25) is 5.91 Å². The predicted octanol–water partition coefficient (Wildman–Crippen LogP) is 20.4. The second kappa shape index (κ2) is 59.4. The smallest absolute Gasteiger partial charge is 0.220 e. The highest BCUT2D eigenvalue weighted by molar-refractivity contribution is 5.76. The number of hydrogen-bond acceptors (Lipinski definition) is 3. The summed E-state index contributed by atoms with van der Waals surface area (Å²) in [4.78, 5) is 12.5. The van der Waals surface area contributed by atoms with Gasteiger partial charge in [0.25, 0.3) is 0 Å². The van der Waals surface area contributed by atoms with E-state index < -0.39 is 12.1 Å². The molecule has 398 valence electrons. The Hall–Kier alpha value is -1.91. The van der Waals surface area contributed by atoms with Gasteiger partial charge in [-0.05, 0) is 57.8 Å².